The summed E-state index contributed by atoms with van der Waals surface area (Å²) in [5.74, 6) is -0.0597. The first-order chi connectivity index (χ1) is 9.65. The van der Waals surface area contributed by atoms with E-state index in [2.05, 4.69) is 0 Å². The molecule has 0 bridgehead atoms. The molecule has 20 heavy (non-hydrogen) atoms. The predicted molar refractivity (Wildman–Crippen MR) is 79.0 cm³/mol. The average molecular weight is 296 g/mol. The SMILES string of the molecule is CCCOC(=O)CCCC(=O)Oc1ccc(SC)cc1. The molecule has 0 saturated heterocycles. The van der Waals surface area contributed by atoms with Crippen LogP contribution in [0.4, 0.5) is 0 Å². The van der Waals surface area contributed by atoms with Crippen molar-refractivity contribution < 1.29 is 19.1 Å². The van der Waals surface area contributed by atoms with Crippen LogP contribution < -0.4 is 4.74 Å². The zero-order valence-electron chi connectivity index (χ0n) is 11.9. The maximum Gasteiger partial charge on any atom is 0.311 e. The number of esters is 2. The van der Waals surface area contributed by atoms with Gasteiger partial charge in [0.05, 0.1) is 6.61 Å². The highest BCUT2D eigenvalue weighted by Gasteiger charge is 2.08. The van der Waals surface area contributed by atoms with E-state index in [4.69, 9.17) is 9.47 Å². The van der Waals surface area contributed by atoms with Crippen LogP contribution in [0.2, 0.25) is 0 Å². The van der Waals surface area contributed by atoms with Crippen LogP contribution in [0.1, 0.15) is 32.6 Å². The molecule has 5 heteroatoms. The molecule has 0 aliphatic carbocycles. The Morgan fingerprint density at radius 1 is 1.10 bits per heavy atom. The lowest BCUT2D eigenvalue weighted by Gasteiger charge is -2.05. The molecule has 110 valence electrons. The largest absolute Gasteiger partial charge is 0.466 e. The van der Waals surface area contributed by atoms with Crippen LogP contribution in [0.25, 0.3) is 0 Å². The van der Waals surface area contributed by atoms with Gasteiger partial charge in [0.25, 0.3) is 0 Å². The third kappa shape index (κ3) is 6.61. The van der Waals surface area contributed by atoms with Gasteiger partial charge in [-0.15, -0.1) is 11.8 Å². The molecule has 0 unspecified atom stereocenters. The van der Waals surface area contributed by atoms with E-state index in [9.17, 15) is 9.59 Å². The highest BCUT2D eigenvalue weighted by atomic mass is 32.2. The number of hydrogen-bond donors (Lipinski definition) is 0. The second-order valence-corrected chi connectivity index (χ2v) is 5.10. The monoisotopic (exact) mass is 296 g/mol. The number of carbonyl (C=O) groups excluding carboxylic acids is 2. The van der Waals surface area contributed by atoms with E-state index < -0.39 is 0 Å². The van der Waals surface area contributed by atoms with Crippen molar-refractivity contribution in [3.8, 4) is 5.75 Å². The summed E-state index contributed by atoms with van der Waals surface area (Å²) in [4.78, 5) is 23.9. The van der Waals surface area contributed by atoms with Gasteiger partial charge in [-0.05, 0) is 43.4 Å². The average Bonchev–Trinajstić information content (AvgIpc) is 2.46. The quantitative estimate of drug-likeness (QED) is 0.418. The lowest BCUT2D eigenvalue weighted by Crippen LogP contribution is -2.10. The fraction of sp³-hybridized carbons (Fsp3) is 0.467. The molecule has 1 aromatic rings. The number of thioether (sulfide) groups is 1. The maximum atomic E-state index is 11.6. The van der Waals surface area contributed by atoms with Crippen LogP contribution in [-0.2, 0) is 14.3 Å². The van der Waals surface area contributed by atoms with Crippen LogP contribution in [-0.4, -0.2) is 24.8 Å². The second-order valence-electron chi connectivity index (χ2n) is 4.22. The van der Waals surface area contributed by atoms with Crippen molar-refractivity contribution in [3.63, 3.8) is 0 Å². The molecule has 0 aliphatic heterocycles. The fourth-order valence-corrected chi connectivity index (χ4v) is 1.90. The molecule has 0 amide bonds. The highest BCUT2D eigenvalue weighted by molar-refractivity contribution is 7.98. The normalized spacial score (nSPS) is 10.1. The molecule has 1 aromatic carbocycles. The summed E-state index contributed by atoms with van der Waals surface area (Å²) in [6, 6.07) is 7.32. The van der Waals surface area contributed by atoms with E-state index in [1.165, 1.54) is 0 Å². The Morgan fingerprint density at radius 2 is 1.75 bits per heavy atom. The lowest BCUT2D eigenvalue weighted by molar-refractivity contribution is -0.144. The second kappa shape index (κ2) is 9.42. The molecule has 0 N–H and O–H groups in total. The van der Waals surface area contributed by atoms with Crippen molar-refractivity contribution in [1.29, 1.82) is 0 Å². The fourth-order valence-electron chi connectivity index (χ4n) is 1.49. The Hall–Kier alpha value is -1.49. The zero-order valence-corrected chi connectivity index (χ0v) is 12.7. The van der Waals surface area contributed by atoms with E-state index in [0.29, 0.717) is 18.8 Å². The third-order valence-electron chi connectivity index (χ3n) is 2.52. The van der Waals surface area contributed by atoms with Gasteiger partial charge < -0.3 is 9.47 Å². The van der Waals surface area contributed by atoms with E-state index in [0.717, 1.165) is 11.3 Å². The van der Waals surface area contributed by atoms with E-state index in [1.54, 1.807) is 23.9 Å². The molecule has 0 spiro atoms. The summed E-state index contributed by atoms with van der Waals surface area (Å²) in [7, 11) is 0. The third-order valence-corrected chi connectivity index (χ3v) is 3.26. The molecule has 0 saturated carbocycles. The molecule has 0 heterocycles. The van der Waals surface area contributed by atoms with Gasteiger partial charge in [-0.2, -0.15) is 0 Å². The van der Waals surface area contributed by atoms with Gasteiger partial charge in [0.2, 0.25) is 0 Å². The van der Waals surface area contributed by atoms with Crippen LogP contribution in [0.15, 0.2) is 29.2 Å². The maximum absolute atomic E-state index is 11.6. The summed E-state index contributed by atoms with van der Waals surface area (Å²) in [5, 5.41) is 0. The van der Waals surface area contributed by atoms with Crippen molar-refractivity contribution in [3.05, 3.63) is 24.3 Å². The molecule has 1 rings (SSSR count). The minimum atomic E-state index is -0.329. The molecule has 0 aromatic heterocycles. The number of rotatable bonds is 8. The minimum absolute atomic E-state index is 0.214. The molecule has 0 atom stereocenters. The lowest BCUT2D eigenvalue weighted by atomic mass is 10.2. The number of hydrogen-bond acceptors (Lipinski definition) is 5. The molecule has 0 fully saturated rings. The van der Waals surface area contributed by atoms with Crippen molar-refractivity contribution in [2.75, 3.05) is 12.9 Å². The topological polar surface area (TPSA) is 52.6 Å². The Kier molecular flexibility index (Phi) is 7.80. The van der Waals surface area contributed by atoms with E-state index in [1.807, 2.05) is 25.3 Å². The van der Waals surface area contributed by atoms with Crippen LogP contribution >= 0.6 is 11.8 Å². The standard InChI is InChI=1S/C15H20O4S/c1-3-11-18-14(16)5-4-6-15(17)19-12-7-9-13(20-2)10-8-12/h7-10H,3-6,11H2,1-2H3. The Balaban J connectivity index is 2.24. The van der Waals surface area contributed by atoms with Crippen molar-refractivity contribution in [2.24, 2.45) is 0 Å². The van der Waals surface area contributed by atoms with Gasteiger partial charge in [0.1, 0.15) is 5.75 Å². The van der Waals surface area contributed by atoms with Crippen molar-refractivity contribution in [1.82, 2.24) is 0 Å². The summed E-state index contributed by atoms with van der Waals surface area (Å²) in [6.45, 7) is 2.37. The van der Waals surface area contributed by atoms with Gasteiger partial charge >= 0.3 is 11.9 Å². The summed E-state index contributed by atoms with van der Waals surface area (Å²) >= 11 is 1.63. The summed E-state index contributed by atoms with van der Waals surface area (Å²) in [5.41, 5.74) is 0. The number of carbonyl (C=O) groups is 2. The number of benzene rings is 1. The Labute approximate surface area is 123 Å². The van der Waals surface area contributed by atoms with Gasteiger partial charge in [-0.3, -0.25) is 9.59 Å². The van der Waals surface area contributed by atoms with Gasteiger partial charge in [-0.1, -0.05) is 6.92 Å². The first kappa shape index (κ1) is 16.6. The minimum Gasteiger partial charge on any atom is -0.466 e. The van der Waals surface area contributed by atoms with Crippen molar-refractivity contribution >= 4 is 23.7 Å². The first-order valence-electron chi connectivity index (χ1n) is 6.66. The Bertz CT molecular complexity index is 428. The first-order valence-corrected chi connectivity index (χ1v) is 7.88. The van der Waals surface area contributed by atoms with E-state index in [-0.39, 0.29) is 24.8 Å². The Morgan fingerprint density at radius 3 is 2.35 bits per heavy atom. The molecule has 4 nitrogen and oxygen atoms in total. The van der Waals surface area contributed by atoms with Crippen LogP contribution in [0.5, 0.6) is 5.75 Å². The predicted octanol–water partition coefficient (Wildman–Crippen LogP) is 3.44. The summed E-state index contributed by atoms with van der Waals surface area (Å²) in [6.07, 6.45) is 3.70. The molecular formula is C15H20O4S. The molecular weight excluding hydrogens is 276 g/mol. The highest BCUT2D eigenvalue weighted by Crippen LogP contribution is 2.19. The van der Waals surface area contributed by atoms with Crippen LogP contribution in [0.3, 0.4) is 0 Å². The molecule has 0 radical (unpaired) electrons. The zero-order chi connectivity index (χ0) is 14.8. The van der Waals surface area contributed by atoms with Gasteiger partial charge in [-0.25, -0.2) is 0 Å². The van der Waals surface area contributed by atoms with Gasteiger partial charge in [0, 0.05) is 17.7 Å². The number of ether oxygens (including phenoxy) is 2. The summed E-state index contributed by atoms with van der Waals surface area (Å²) < 4.78 is 10.1. The smallest absolute Gasteiger partial charge is 0.311 e. The van der Waals surface area contributed by atoms with Gasteiger partial charge in [0.15, 0.2) is 0 Å². The van der Waals surface area contributed by atoms with E-state index >= 15 is 0 Å². The van der Waals surface area contributed by atoms with Crippen molar-refractivity contribution in [2.45, 2.75) is 37.5 Å². The van der Waals surface area contributed by atoms with Crippen LogP contribution in [0, 0.1) is 0 Å². The molecule has 0 aliphatic rings.